The number of carbonyl (C=O) groups excluding carboxylic acids is 3. The first-order chi connectivity index (χ1) is 9.47. The molecular formula is C14H16N2O4. The van der Waals surface area contributed by atoms with Gasteiger partial charge in [0.2, 0.25) is 6.04 Å². The lowest BCUT2D eigenvalue weighted by atomic mass is 10.2. The number of carbonyl (C=O) groups is 3. The predicted octanol–water partition coefficient (Wildman–Crippen LogP) is 1.33. The molecule has 1 aromatic carbocycles. The van der Waals surface area contributed by atoms with Crippen LogP contribution in [0.4, 0.5) is 10.5 Å². The molecule has 0 unspecified atom stereocenters. The van der Waals surface area contributed by atoms with E-state index in [-0.39, 0.29) is 6.61 Å². The molecule has 2 rings (SSSR count). The second kappa shape index (κ2) is 5.32. The summed E-state index contributed by atoms with van der Waals surface area (Å²) in [6, 6.07) is 5.26. The number of imide groups is 1. The van der Waals surface area contributed by atoms with Gasteiger partial charge in [-0.1, -0.05) is 17.7 Å². The number of likely N-dealkylation sites (N-methyl/N-ethyl adjacent to an activating group) is 1. The molecule has 1 aliphatic rings. The van der Waals surface area contributed by atoms with E-state index in [2.05, 4.69) is 0 Å². The fraction of sp³-hybridized carbons (Fsp3) is 0.357. The number of rotatable bonds is 3. The van der Waals surface area contributed by atoms with Crippen LogP contribution in [0.15, 0.2) is 24.3 Å². The molecule has 0 radical (unpaired) electrons. The minimum atomic E-state index is -1.24. The van der Waals surface area contributed by atoms with Crippen LogP contribution < -0.4 is 4.90 Å². The molecule has 0 bridgehead atoms. The molecule has 3 amide bonds. The van der Waals surface area contributed by atoms with E-state index in [0.29, 0.717) is 5.69 Å². The van der Waals surface area contributed by atoms with Gasteiger partial charge in [-0.3, -0.25) is 14.6 Å². The molecule has 1 atom stereocenters. The van der Waals surface area contributed by atoms with Crippen LogP contribution in [0, 0.1) is 6.92 Å². The Labute approximate surface area is 116 Å². The van der Waals surface area contributed by atoms with E-state index in [1.807, 2.05) is 19.1 Å². The number of urea groups is 1. The second-order valence-corrected chi connectivity index (χ2v) is 4.54. The Morgan fingerprint density at radius 1 is 1.25 bits per heavy atom. The van der Waals surface area contributed by atoms with Crippen molar-refractivity contribution in [2.75, 3.05) is 18.6 Å². The van der Waals surface area contributed by atoms with Gasteiger partial charge in [-0.05, 0) is 26.0 Å². The zero-order chi connectivity index (χ0) is 14.9. The molecule has 0 spiro atoms. The van der Waals surface area contributed by atoms with Crippen molar-refractivity contribution < 1.29 is 19.1 Å². The van der Waals surface area contributed by atoms with Crippen molar-refractivity contribution in [1.29, 1.82) is 0 Å². The summed E-state index contributed by atoms with van der Waals surface area (Å²) in [4.78, 5) is 38.2. The van der Waals surface area contributed by atoms with E-state index < -0.39 is 23.9 Å². The maximum atomic E-state index is 12.1. The third-order valence-electron chi connectivity index (χ3n) is 3.14. The lowest BCUT2D eigenvalue weighted by Gasteiger charge is -2.20. The summed E-state index contributed by atoms with van der Waals surface area (Å²) < 4.78 is 4.89. The summed E-state index contributed by atoms with van der Waals surface area (Å²) in [5, 5.41) is 0. The van der Waals surface area contributed by atoms with E-state index in [1.54, 1.807) is 19.1 Å². The second-order valence-electron chi connectivity index (χ2n) is 4.54. The van der Waals surface area contributed by atoms with Gasteiger partial charge < -0.3 is 4.74 Å². The Morgan fingerprint density at radius 2 is 1.85 bits per heavy atom. The van der Waals surface area contributed by atoms with E-state index >= 15 is 0 Å². The number of benzene rings is 1. The van der Waals surface area contributed by atoms with Crippen molar-refractivity contribution in [3.8, 4) is 0 Å². The molecule has 6 nitrogen and oxygen atoms in total. The number of hydrogen-bond donors (Lipinski definition) is 0. The molecule has 0 aromatic heterocycles. The molecule has 1 fully saturated rings. The Kier molecular flexibility index (Phi) is 3.74. The van der Waals surface area contributed by atoms with Crippen LogP contribution in [0.2, 0.25) is 0 Å². The zero-order valence-corrected chi connectivity index (χ0v) is 11.6. The van der Waals surface area contributed by atoms with Crippen molar-refractivity contribution in [2.45, 2.75) is 19.9 Å². The summed E-state index contributed by atoms with van der Waals surface area (Å²) in [6.07, 6.45) is 0. The van der Waals surface area contributed by atoms with Gasteiger partial charge in [0, 0.05) is 12.7 Å². The number of aryl methyl sites for hydroxylation is 1. The highest BCUT2D eigenvalue weighted by molar-refractivity contribution is 6.22. The zero-order valence-electron chi connectivity index (χ0n) is 11.6. The van der Waals surface area contributed by atoms with Gasteiger partial charge in [-0.2, -0.15) is 0 Å². The number of amides is 3. The van der Waals surface area contributed by atoms with Gasteiger partial charge in [0.05, 0.1) is 6.61 Å². The summed E-state index contributed by atoms with van der Waals surface area (Å²) in [6.45, 7) is 3.72. The number of anilines is 1. The molecule has 0 aliphatic carbocycles. The molecule has 0 N–H and O–H groups in total. The van der Waals surface area contributed by atoms with Crippen molar-refractivity contribution in [3.05, 3.63) is 29.8 Å². The van der Waals surface area contributed by atoms with Crippen LogP contribution in [0.5, 0.6) is 0 Å². The third kappa shape index (κ3) is 2.24. The third-order valence-corrected chi connectivity index (χ3v) is 3.14. The van der Waals surface area contributed by atoms with Crippen molar-refractivity contribution >= 4 is 23.6 Å². The highest BCUT2D eigenvalue weighted by atomic mass is 16.5. The van der Waals surface area contributed by atoms with E-state index in [4.69, 9.17) is 4.74 Å². The molecular weight excluding hydrogens is 260 g/mol. The minimum Gasteiger partial charge on any atom is -0.464 e. The molecule has 1 aromatic rings. The Morgan fingerprint density at radius 3 is 2.40 bits per heavy atom. The van der Waals surface area contributed by atoms with E-state index in [1.165, 1.54) is 11.9 Å². The van der Waals surface area contributed by atoms with Crippen LogP contribution >= 0.6 is 0 Å². The summed E-state index contributed by atoms with van der Waals surface area (Å²) in [5.41, 5.74) is 1.52. The smallest absolute Gasteiger partial charge is 0.339 e. The molecule has 1 aliphatic heterocycles. The largest absolute Gasteiger partial charge is 0.464 e. The molecule has 6 heteroatoms. The lowest BCUT2D eigenvalue weighted by molar-refractivity contribution is -0.148. The minimum absolute atomic E-state index is 0.155. The maximum Gasteiger partial charge on any atom is 0.339 e. The molecule has 0 saturated carbocycles. The fourth-order valence-electron chi connectivity index (χ4n) is 2.05. The quantitative estimate of drug-likeness (QED) is 0.474. The topological polar surface area (TPSA) is 66.9 Å². The first-order valence-electron chi connectivity index (χ1n) is 6.31. The van der Waals surface area contributed by atoms with Crippen LogP contribution in [-0.4, -0.2) is 42.5 Å². The molecule has 1 heterocycles. The summed E-state index contributed by atoms with van der Waals surface area (Å²) in [5.74, 6) is -1.29. The van der Waals surface area contributed by atoms with Crippen LogP contribution in [0.3, 0.4) is 0 Å². The number of ether oxygens (including phenoxy) is 1. The van der Waals surface area contributed by atoms with Gasteiger partial charge in [0.1, 0.15) is 0 Å². The van der Waals surface area contributed by atoms with Gasteiger partial charge in [0.25, 0.3) is 5.91 Å². The number of nitrogens with zero attached hydrogens (tertiary/aromatic N) is 2. The standard InChI is InChI=1S/C14H16N2O4/c1-4-20-13(18)11-12(17)15(3)14(19)16(11)10-7-5-9(2)6-8-10/h5-8,11H,4H2,1-3H3/t11-/m1/s1. The Balaban J connectivity index is 2.41. The van der Waals surface area contributed by atoms with Crippen LogP contribution in [-0.2, 0) is 14.3 Å². The van der Waals surface area contributed by atoms with Crippen LogP contribution in [0.25, 0.3) is 0 Å². The van der Waals surface area contributed by atoms with Gasteiger partial charge in [0.15, 0.2) is 0 Å². The average molecular weight is 276 g/mol. The van der Waals surface area contributed by atoms with E-state index in [0.717, 1.165) is 10.5 Å². The van der Waals surface area contributed by atoms with Crippen LogP contribution in [0.1, 0.15) is 12.5 Å². The predicted molar refractivity (Wildman–Crippen MR) is 72.2 cm³/mol. The fourth-order valence-corrected chi connectivity index (χ4v) is 2.05. The van der Waals surface area contributed by atoms with Crippen molar-refractivity contribution in [2.24, 2.45) is 0 Å². The first kappa shape index (κ1) is 14.0. The van der Waals surface area contributed by atoms with Crippen molar-refractivity contribution in [3.63, 3.8) is 0 Å². The molecule has 106 valence electrons. The maximum absolute atomic E-state index is 12.1. The number of esters is 1. The SMILES string of the molecule is CCOC(=O)[C@H]1C(=O)N(C)C(=O)N1c1ccc(C)cc1. The summed E-state index contributed by atoms with van der Waals surface area (Å²) in [7, 11) is 1.35. The van der Waals surface area contributed by atoms with Gasteiger partial charge in [-0.25, -0.2) is 9.59 Å². The Hall–Kier alpha value is -2.37. The van der Waals surface area contributed by atoms with Gasteiger partial charge in [-0.15, -0.1) is 0 Å². The first-order valence-corrected chi connectivity index (χ1v) is 6.31. The normalized spacial score (nSPS) is 18.6. The van der Waals surface area contributed by atoms with Crippen molar-refractivity contribution in [1.82, 2.24) is 4.90 Å². The Bertz CT molecular complexity index is 553. The summed E-state index contributed by atoms with van der Waals surface area (Å²) >= 11 is 0. The van der Waals surface area contributed by atoms with E-state index in [9.17, 15) is 14.4 Å². The highest BCUT2D eigenvalue weighted by Gasteiger charge is 2.49. The average Bonchev–Trinajstić information content (AvgIpc) is 2.64. The van der Waals surface area contributed by atoms with Gasteiger partial charge >= 0.3 is 12.0 Å². The number of hydrogen-bond acceptors (Lipinski definition) is 4. The molecule has 1 saturated heterocycles. The molecule has 20 heavy (non-hydrogen) atoms. The monoisotopic (exact) mass is 276 g/mol. The highest BCUT2D eigenvalue weighted by Crippen LogP contribution is 2.26. The lowest BCUT2D eigenvalue weighted by Crippen LogP contribution is -2.42.